The largest absolute Gasteiger partial charge is 0.491 e. The van der Waals surface area contributed by atoms with E-state index in [0.717, 1.165) is 23.8 Å². The quantitative estimate of drug-likeness (QED) is 0.596. The second-order valence-corrected chi connectivity index (χ2v) is 10.00. The molecular formula is C27H30ClF3N4O5. The van der Waals surface area contributed by atoms with Crippen LogP contribution in [0.1, 0.15) is 21.5 Å². The minimum absolute atomic E-state index is 0.00518. The molecule has 1 fully saturated rings. The number of methoxy groups -OCH3 is 1. The van der Waals surface area contributed by atoms with Crippen molar-refractivity contribution in [1.29, 1.82) is 0 Å². The van der Waals surface area contributed by atoms with Gasteiger partial charge in [-0.25, -0.2) is 0 Å². The molecule has 0 aliphatic carbocycles. The van der Waals surface area contributed by atoms with E-state index in [4.69, 9.17) is 21.1 Å². The molecule has 9 nitrogen and oxygen atoms in total. The molecule has 0 bridgehead atoms. The zero-order valence-corrected chi connectivity index (χ0v) is 22.6. The molecule has 40 heavy (non-hydrogen) atoms. The van der Waals surface area contributed by atoms with Crippen LogP contribution in [0.15, 0.2) is 42.5 Å². The van der Waals surface area contributed by atoms with Crippen molar-refractivity contribution >= 4 is 29.3 Å². The summed E-state index contributed by atoms with van der Waals surface area (Å²) in [5.74, 6) is -1.25. The number of carbonyl (C=O) groups excluding carboxylic acids is 3. The Kier molecular flexibility index (Phi) is 9.54. The number of hydrogen-bond donors (Lipinski definition) is 1. The molecule has 2 aromatic rings. The van der Waals surface area contributed by atoms with Gasteiger partial charge in [-0.15, -0.1) is 0 Å². The van der Waals surface area contributed by atoms with Crippen LogP contribution >= 0.6 is 11.6 Å². The van der Waals surface area contributed by atoms with Gasteiger partial charge in [-0.05, 0) is 29.8 Å². The predicted molar refractivity (Wildman–Crippen MR) is 140 cm³/mol. The highest BCUT2D eigenvalue weighted by Crippen LogP contribution is 2.33. The standard InChI is InChI=1S/C27H30ClF3N4O5/c1-39-17-25(37)34-10-11-35-20(14-34)16-40-23-7-6-19(27(29,30)31)12-21(23)26(38)32-8-9-33(15-24(35)36)13-18-4-2-3-5-22(18)28/h2-7,12,20H,8-11,13-17H2,1H3,(H,32,38)/t20-/m0/s1. The monoisotopic (exact) mass is 582 g/mol. The Morgan fingerprint density at radius 1 is 1.15 bits per heavy atom. The summed E-state index contributed by atoms with van der Waals surface area (Å²) in [4.78, 5) is 44.1. The van der Waals surface area contributed by atoms with Crippen molar-refractivity contribution in [1.82, 2.24) is 20.0 Å². The number of piperazine rings is 1. The number of benzene rings is 2. The van der Waals surface area contributed by atoms with E-state index in [9.17, 15) is 27.6 Å². The maximum absolute atomic E-state index is 13.6. The lowest BCUT2D eigenvalue weighted by Gasteiger charge is -2.42. The van der Waals surface area contributed by atoms with Crippen LogP contribution in [0.2, 0.25) is 5.02 Å². The van der Waals surface area contributed by atoms with E-state index in [-0.39, 0.29) is 69.1 Å². The van der Waals surface area contributed by atoms with E-state index in [1.807, 2.05) is 17.0 Å². The molecule has 1 N–H and O–H groups in total. The van der Waals surface area contributed by atoms with Gasteiger partial charge in [-0.3, -0.25) is 19.3 Å². The van der Waals surface area contributed by atoms with Gasteiger partial charge in [0.1, 0.15) is 19.0 Å². The maximum Gasteiger partial charge on any atom is 0.416 e. The van der Waals surface area contributed by atoms with Crippen LogP contribution in [0.5, 0.6) is 5.75 Å². The molecule has 2 heterocycles. The number of halogens is 4. The molecule has 0 radical (unpaired) electrons. The third kappa shape index (κ3) is 7.23. The van der Waals surface area contributed by atoms with Gasteiger partial charge in [0.15, 0.2) is 0 Å². The van der Waals surface area contributed by atoms with Crippen LogP contribution in [0.25, 0.3) is 0 Å². The number of hydrogen-bond acceptors (Lipinski definition) is 6. The first-order valence-corrected chi connectivity index (χ1v) is 13.1. The first-order valence-electron chi connectivity index (χ1n) is 12.7. The van der Waals surface area contributed by atoms with Crippen molar-refractivity contribution in [3.8, 4) is 5.75 Å². The van der Waals surface area contributed by atoms with Crippen LogP contribution in [-0.2, 0) is 27.0 Å². The fraction of sp³-hybridized carbons (Fsp3) is 0.444. The highest BCUT2D eigenvalue weighted by Gasteiger charge is 2.35. The van der Waals surface area contributed by atoms with Gasteiger partial charge in [0.25, 0.3) is 5.91 Å². The molecule has 0 aromatic heterocycles. The van der Waals surface area contributed by atoms with Crippen molar-refractivity contribution in [2.24, 2.45) is 0 Å². The molecule has 3 amide bonds. The van der Waals surface area contributed by atoms with E-state index >= 15 is 0 Å². The zero-order valence-electron chi connectivity index (χ0n) is 21.9. The van der Waals surface area contributed by atoms with Crippen LogP contribution in [0.4, 0.5) is 13.2 Å². The molecule has 0 saturated carbocycles. The number of fused-ring (bicyclic) bond motifs is 2. The Bertz CT molecular complexity index is 1240. The minimum Gasteiger partial charge on any atom is -0.491 e. The third-order valence-electron chi connectivity index (χ3n) is 6.83. The molecule has 2 aliphatic rings. The van der Waals surface area contributed by atoms with Gasteiger partial charge in [-0.1, -0.05) is 29.8 Å². The molecule has 216 valence electrons. The highest BCUT2D eigenvalue weighted by atomic mass is 35.5. The lowest BCUT2D eigenvalue weighted by molar-refractivity contribution is -0.146. The van der Waals surface area contributed by atoms with Crippen LogP contribution in [0, 0.1) is 0 Å². The average Bonchev–Trinajstić information content (AvgIpc) is 2.92. The minimum atomic E-state index is -4.66. The zero-order chi connectivity index (χ0) is 28.9. The first kappa shape index (κ1) is 29.6. The van der Waals surface area contributed by atoms with E-state index in [1.165, 1.54) is 7.11 Å². The number of alkyl halides is 3. The molecule has 0 unspecified atom stereocenters. The van der Waals surface area contributed by atoms with Gasteiger partial charge < -0.3 is 24.6 Å². The number of amides is 3. The summed E-state index contributed by atoms with van der Waals surface area (Å²) in [6.07, 6.45) is -4.66. The summed E-state index contributed by atoms with van der Waals surface area (Å²) in [7, 11) is 1.41. The molecule has 0 spiro atoms. The van der Waals surface area contributed by atoms with Crippen LogP contribution in [-0.4, -0.2) is 98.1 Å². The Balaban J connectivity index is 1.66. The summed E-state index contributed by atoms with van der Waals surface area (Å²) in [5, 5.41) is 3.17. The molecule has 4 rings (SSSR count). The Morgan fingerprint density at radius 2 is 1.93 bits per heavy atom. The van der Waals surface area contributed by atoms with E-state index in [1.54, 1.807) is 21.9 Å². The Morgan fingerprint density at radius 3 is 2.65 bits per heavy atom. The summed E-state index contributed by atoms with van der Waals surface area (Å²) in [6, 6.07) is 9.27. The SMILES string of the molecule is COCC(=O)N1CCN2C(=O)CN(Cc3ccccc3Cl)CCNC(=O)c3cc(C(F)(F)F)ccc3OC[C@@H]2C1. The number of nitrogens with one attached hydrogen (secondary N) is 1. The summed E-state index contributed by atoms with van der Waals surface area (Å²) >= 11 is 6.35. The van der Waals surface area contributed by atoms with Crippen molar-refractivity contribution in [2.75, 3.05) is 59.6 Å². The highest BCUT2D eigenvalue weighted by molar-refractivity contribution is 6.31. The van der Waals surface area contributed by atoms with Crippen molar-refractivity contribution in [3.05, 3.63) is 64.2 Å². The smallest absolute Gasteiger partial charge is 0.416 e. The molecule has 2 aromatic carbocycles. The van der Waals surface area contributed by atoms with Crippen LogP contribution < -0.4 is 10.1 Å². The predicted octanol–water partition coefficient (Wildman–Crippen LogP) is 2.67. The molecular weight excluding hydrogens is 553 g/mol. The van der Waals surface area contributed by atoms with Gasteiger partial charge in [0.05, 0.1) is 23.7 Å². The normalized spacial score (nSPS) is 19.4. The molecule has 13 heteroatoms. The van der Waals surface area contributed by atoms with Gasteiger partial charge in [0, 0.05) is 51.4 Å². The van der Waals surface area contributed by atoms with E-state index < -0.39 is 23.7 Å². The summed E-state index contributed by atoms with van der Waals surface area (Å²) in [5.41, 5.74) is -0.476. The van der Waals surface area contributed by atoms with E-state index in [2.05, 4.69) is 5.32 Å². The number of ether oxygens (including phenoxy) is 2. The number of rotatable bonds is 4. The number of nitrogens with zero attached hydrogens (tertiary/aromatic N) is 3. The van der Waals surface area contributed by atoms with Gasteiger partial charge in [0.2, 0.25) is 11.8 Å². The van der Waals surface area contributed by atoms with Crippen molar-refractivity contribution in [3.63, 3.8) is 0 Å². The fourth-order valence-corrected chi connectivity index (χ4v) is 4.95. The second-order valence-electron chi connectivity index (χ2n) is 9.59. The van der Waals surface area contributed by atoms with Crippen molar-refractivity contribution in [2.45, 2.75) is 18.8 Å². The first-order chi connectivity index (χ1) is 19.1. The lowest BCUT2D eigenvalue weighted by Crippen LogP contribution is -2.60. The lowest BCUT2D eigenvalue weighted by atomic mass is 10.1. The Hall–Kier alpha value is -3.35. The molecule has 1 saturated heterocycles. The van der Waals surface area contributed by atoms with Gasteiger partial charge >= 0.3 is 6.18 Å². The summed E-state index contributed by atoms with van der Waals surface area (Å²) in [6.45, 7) is 0.998. The van der Waals surface area contributed by atoms with Crippen LogP contribution in [0.3, 0.4) is 0 Å². The maximum atomic E-state index is 13.6. The fourth-order valence-electron chi connectivity index (χ4n) is 4.75. The number of carbonyl (C=O) groups is 3. The topological polar surface area (TPSA) is 91.4 Å². The van der Waals surface area contributed by atoms with Crippen molar-refractivity contribution < 1.29 is 37.0 Å². The molecule has 2 aliphatic heterocycles. The third-order valence-corrected chi connectivity index (χ3v) is 7.20. The molecule has 1 atom stereocenters. The average molecular weight is 583 g/mol. The van der Waals surface area contributed by atoms with Gasteiger partial charge in [-0.2, -0.15) is 13.2 Å². The van der Waals surface area contributed by atoms with E-state index in [0.29, 0.717) is 18.1 Å². The Labute approximate surface area is 234 Å². The summed E-state index contributed by atoms with van der Waals surface area (Å²) < 4.78 is 51.1. The second kappa shape index (κ2) is 12.9.